The molecule has 7 heteroatoms. The van der Waals surface area contributed by atoms with Crippen molar-refractivity contribution in [2.45, 2.75) is 20.8 Å². The zero-order valence-corrected chi connectivity index (χ0v) is 14.8. The summed E-state index contributed by atoms with van der Waals surface area (Å²) in [7, 11) is 0. The van der Waals surface area contributed by atoms with Gasteiger partial charge in [-0.2, -0.15) is 0 Å². The average Bonchev–Trinajstić information content (AvgIpc) is 3.05. The Hall–Kier alpha value is -2.67. The molecule has 0 saturated heterocycles. The minimum absolute atomic E-state index is 0.434. The first kappa shape index (κ1) is 18.7. The Morgan fingerprint density at radius 2 is 1.96 bits per heavy atom. The Kier molecular flexibility index (Phi) is 6.71. The fourth-order valence-corrected chi connectivity index (χ4v) is 2.35. The summed E-state index contributed by atoms with van der Waals surface area (Å²) in [5.74, 6) is -0.167. The van der Waals surface area contributed by atoms with Gasteiger partial charge in [0.15, 0.2) is 0 Å². The van der Waals surface area contributed by atoms with Crippen LogP contribution >= 0.6 is 0 Å². The molecule has 1 aromatic carbocycles. The smallest absolute Gasteiger partial charge is 0.313 e. The molecule has 25 heavy (non-hydrogen) atoms. The largest absolute Gasteiger partial charge is 0.441 e. The van der Waals surface area contributed by atoms with Crippen molar-refractivity contribution in [2.24, 2.45) is 0 Å². The van der Waals surface area contributed by atoms with Crippen molar-refractivity contribution in [2.75, 3.05) is 31.5 Å². The lowest BCUT2D eigenvalue weighted by Crippen LogP contribution is -2.40. The number of anilines is 1. The van der Waals surface area contributed by atoms with Crippen LogP contribution in [0.2, 0.25) is 0 Å². The van der Waals surface area contributed by atoms with Gasteiger partial charge in [0, 0.05) is 24.3 Å². The van der Waals surface area contributed by atoms with Gasteiger partial charge in [-0.15, -0.1) is 0 Å². The van der Waals surface area contributed by atoms with Crippen molar-refractivity contribution in [1.82, 2.24) is 15.2 Å². The van der Waals surface area contributed by atoms with E-state index in [1.807, 2.05) is 13.0 Å². The number of amides is 2. The molecule has 0 aliphatic carbocycles. The van der Waals surface area contributed by atoms with Crippen LogP contribution in [0.4, 0.5) is 5.69 Å². The van der Waals surface area contributed by atoms with Crippen LogP contribution in [0.3, 0.4) is 0 Å². The first-order chi connectivity index (χ1) is 12.0. The van der Waals surface area contributed by atoms with Crippen molar-refractivity contribution in [1.29, 1.82) is 0 Å². The Bertz CT molecular complexity index is 723. The molecule has 0 spiro atoms. The molecule has 2 N–H and O–H groups in total. The highest BCUT2D eigenvalue weighted by Crippen LogP contribution is 2.22. The molecular weight excluding hydrogens is 320 g/mol. The van der Waals surface area contributed by atoms with Crippen LogP contribution < -0.4 is 10.6 Å². The predicted molar refractivity (Wildman–Crippen MR) is 96.1 cm³/mol. The Labute approximate surface area is 147 Å². The highest BCUT2D eigenvalue weighted by Gasteiger charge is 2.14. The maximum atomic E-state index is 12.0. The lowest BCUT2D eigenvalue weighted by molar-refractivity contribution is -0.136. The lowest BCUT2D eigenvalue weighted by Gasteiger charge is -2.17. The fraction of sp³-hybridized carbons (Fsp3) is 0.389. The molecule has 0 fully saturated rings. The highest BCUT2D eigenvalue weighted by molar-refractivity contribution is 6.39. The number of hydrogen-bond acceptors (Lipinski definition) is 5. The minimum atomic E-state index is -0.694. The van der Waals surface area contributed by atoms with Gasteiger partial charge in [-0.25, -0.2) is 4.98 Å². The molecule has 0 aliphatic rings. The molecule has 1 aromatic heterocycles. The summed E-state index contributed by atoms with van der Waals surface area (Å²) in [4.78, 5) is 30.2. The normalized spacial score (nSPS) is 10.7. The highest BCUT2D eigenvalue weighted by atomic mass is 16.4. The maximum Gasteiger partial charge on any atom is 0.313 e. The predicted octanol–water partition coefficient (Wildman–Crippen LogP) is 2.05. The van der Waals surface area contributed by atoms with Gasteiger partial charge >= 0.3 is 11.8 Å². The van der Waals surface area contributed by atoms with E-state index in [1.54, 1.807) is 24.4 Å². The van der Waals surface area contributed by atoms with Crippen molar-refractivity contribution in [3.8, 4) is 11.5 Å². The monoisotopic (exact) mass is 344 g/mol. The minimum Gasteiger partial charge on any atom is -0.441 e. The standard InChI is InChI=1S/C18H24N4O3/c1-4-22(5-2)10-9-19-16(23)17(24)21-15-8-6-7-14(11-15)18-20-12-13(3)25-18/h6-8,11-12H,4-5,9-10H2,1-3H3,(H,19,23)(H,21,24). The van der Waals surface area contributed by atoms with E-state index in [1.165, 1.54) is 0 Å². The van der Waals surface area contributed by atoms with Gasteiger partial charge in [-0.3, -0.25) is 9.59 Å². The number of hydrogen-bond donors (Lipinski definition) is 2. The van der Waals surface area contributed by atoms with Gasteiger partial charge in [0.1, 0.15) is 5.76 Å². The zero-order chi connectivity index (χ0) is 18.2. The van der Waals surface area contributed by atoms with E-state index >= 15 is 0 Å². The molecule has 0 radical (unpaired) electrons. The van der Waals surface area contributed by atoms with Crippen LogP contribution in [0.5, 0.6) is 0 Å². The summed E-state index contributed by atoms with van der Waals surface area (Å²) in [5, 5.41) is 5.22. The molecule has 2 aromatic rings. The van der Waals surface area contributed by atoms with Crippen molar-refractivity contribution >= 4 is 17.5 Å². The molecule has 2 amide bonds. The number of carbonyl (C=O) groups excluding carboxylic acids is 2. The fourth-order valence-electron chi connectivity index (χ4n) is 2.35. The van der Waals surface area contributed by atoms with Crippen molar-refractivity contribution in [3.05, 3.63) is 36.2 Å². The van der Waals surface area contributed by atoms with Gasteiger partial charge in [0.25, 0.3) is 0 Å². The summed E-state index contributed by atoms with van der Waals surface area (Å²) in [5.41, 5.74) is 1.24. The Morgan fingerprint density at radius 3 is 2.60 bits per heavy atom. The van der Waals surface area contributed by atoms with E-state index in [-0.39, 0.29) is 0 Å². The van der Waals surface area contributed by atoms with Crippen molar-refractivity contribution in [3.63, 3.8) is 0 Å². The van der Waals surface area contributed by atoms with Crippen LogP contribution in [0, 0.1) is 6.92 Å². The van der Waals surface area contributed by atoms with Crippen LogP contribution in [0.1, 0.15) is 19.6 Å². The number of carbonyl (C=O) groups is 2. The van der Waals surface area contributed by atoms with E-state index in [4.69, 9.17) is 4.42 Å². The van der Waals surface area contributed by atoms with Gasteiger partial charge in [-0.05, 0) is 38.2 Å². The van der Waals surface area contributed by atoms with E-state index < -0.39 is 11.8 Å². The molecule has 0 bridgehead atoms. The molecule has 1 heterocycles. The number of aryl methyl sites for hydroxylation is 1. The number of nitrogens with zero attached hydrogens (tertiary/aromatic N) is 2. The quantitative estimate of drug-likeness (QED) is 0.751. The van der Waals surface area contributed by atoms with Crippen LogP contribution in [0.15, 0.2) is 34.9 Å². The van der Waals surface area contributed by atoms with E-state index in [9.17, 15) is 9.59 Å². The third-order valence-corrected chi connectivity index (χ3v) is 3.80. The van der Waals surface area contributed by atoms with Crippen LogP contribution in [-0.2, 0) is 9.59 Å². The number of benzene rings is 1. The average molecular weight is 344 g/mol. The number of aromatic nitrogens is 1. The third kappa shape index (κ3) is 5.42. The van der Waals surface area contributed by atoms with E-state index in [0.29, 0.717) is 30.4 Å². The second kappa shape index (κ2) is 8.98. The summed E-state index contributed by atoms with van der Waals surface area (Å²) < 4.78 is 5.47. The first-order valence-electron chi connectivity index (χ1n) is 8.37. The summed E-state index contributed by atoms with van der Waals surface area (Å²) >= 11 is 0. The van der Waals surface area contributed by atoms with Crippen molar-refractivity contribution < 1.29 is 14.0 Å². The maximum absolute atomic E-state index is 12.0. The van der Waals surface area contributed by atoms with Gasteiger partial charge in [-0.1, -0.05) is 19.9 Å². The lowest BCUT2D eigenvalue weighted by atomic mass is 10.2. The Morgan fingerprint density at radius 1 is 1.20 bits per heavy atom. The summed E-state index contributed by atoms with van der Waals surface area (Å²) in [6.45, 7) is 8.89. The second-order valence-electron chi connectivity index (χ2n) is 5.59. The molecule has 7 nitrogen and oxygen atoms in total. The zero-order valence-electron chi connectivity index (χ0n) is 14.8. The van der Waals surface area contributed by atoms with Crippen LogP contribution in [-0.4, -0.2) is 47.9 Å². The molecule has 0 atom stereocenters. The van der Waals surface area contributed by atoms with Gasteiger partial charge < -0.3 is 20.0 Å². The Balaban J connectivity index is 1.90. The van der Waals surface area contributed by atoms with Crippen LogP contribution in [0.25, 0.3) is 11.5 Å². The number of likely N-dealkylation sites (N-methyl/N-ethyl adjacent to an activating group) is 1. The summed E-state index contributed by atoms with van der Waals surface area (Å²) in [6, 6.07) is 7.01. The van der Waals surface area contributed by atoms with E-state index in [2.05, 4.69) is 34.4 Å². The topological polar surface area (TPSA) is 87.5 Å². The first-order valence-corrected chi connectivity index (χ1v) is 8.37. The number of rotatable bonds is 7. The molecule has 0 aliphatic heterocycles. The molecule has 0 saturated carbocycles. The number of nitrogens with one attached hydrogen (secondary N) is 2. The molecule has 134 valence electrons. The molecule has 2 rings (SSSR count). The second-order valence-corrected chi connectivity index (χ2v) is 5.59. The molecule has 0 unspecified atom stereocenters. The third-order valence-electron chi connectivity index (χ3n) is 3.80. The van der Waals surface area contributed by atoms with Gasteiger partial charge in [0.2, 0.25) is 5.89 Å². The molecular formula is C18H24N4O3. The number of oxazole rings is 1. The van der Waals surface area contributed by atoms with Gasteiger partial charge in [0.05, 0.1) is 6.20 Å². The SMILES string of the molecule is CCN(CC)CCNC(=O)C(=O)Nc1cccc(-c2ncc(C)o2)c1. The van der Waals surface area contributed by atoms with E-state index in [0.717, 1.165) is 18.7 Å². The summed E-state index contributed by atoms with van der Waals surface area (Å²) in [6.07, 6.45) is 1.63.